The molecular formula is C16H30N2O2. The van der Waals surface area contributed by atoms with Gasteiger partial charge in [0.1, 0.15) is 6.04 Å². The average molecular weight is 282 g/mol. The van der Waals surface area contributed by atoms with Crippen LogP contribution in [0.1, 0.15) is 52.9 Å². The Morgan fingerprint density at radius 1 is 1.25 bits per heavy atom. The van der Waals surface area contributed by atoms with E-state index in [1.54, 1.807) is 0 Å². The van der Waals surface area contributed by atoms with Crippen molar-refractivity contribution in [3.8, 4) is 0 Å². The zero-order valence-corrected chi connectivity index (χ0v) is 13.2. The molecule has 0 aromatic carbocycles. The Labute approximate surface area is 123 Å². The van der Waals surface area contributed by atoms with Crippen molar-refractivity contribution >= 4 is 5.91 Å². The minimum Gasteiger partial charge on any atom is -0.375 e. The van der Waals surface area contributed by atoms with E-state index >= 15 is 0 Å². The number of rotatable bonds is 4. The average Bonchev–Trinajstić information content (AvgIpc) is 2.47. The quantitative estimate of drug-likeness (QED) is 0.830. The van der Waals surface area contributed by atoms with Crippen molar-refractivity contribution in [2.75, 3.05) is 13.2 Å². The lowest BCUT2D eigenvalue weighted by Gasteiger charge is -2.34. The second-order valence-electron chi connectivity index (χ2n) is 6.56. The molecule has 116 valence electrons. The molecule has 20 heavy (non-hydrogen) atoms. The largest absolute Gasteiger partial charge is 0.375 e. The molecule has 0 radical (unpaired) electrons. The number of nitrogens with one attached hydrogen (secondary N) is 2. The van der Waals surface area contributed by atoms with Gasteiger partial charge in [0, 0.05) is 12.6 Å². The van der Waals surface area contributed by atoms with Gasteiger partial charge >= 0.3 is 0 Å². The lowest BCUT2D eigenvalue weighted by Crippen LogP contribution is -2.57. The van der Waals surface area contributed by atoms with Gasteiger partial charge in [-0.1, -0.05) is 39.0 Å². The van der Waals surface area contributed by atoms with E-state index in [2.05, 4.69) is 24.5 Å². The van der Waals surface area contributed by atoms with E-state index in [-0.39, 0.29) is 24.1 Å². The first-order chi connectivity index (χ1) is 9.59. The maximum absolute atomic E-state index is 12.4. The Bertz CT molecular complexity index is 316. The summed E-state index contributed by atoms with van der Waals surface area (Å²) in [7, 11) is 0. The summed E-state index contributed by atoms with van der Waals surface area (Å²) >= 11 is 0. The van der Waals surface area contributed by atoms with E-state index in [4.69, 9.17) is 4.74 Å². The van der Waals surface area contributed by atoms with Crippen molar-refractivity contribution < 1.29 is 9.53 Å². The van der Waals surface area contributed by atoms with Gasteiger partial charge in [-0.15, -0.1) is 0 Å². The van der Waals surface area contributed by atoms with Crippen molar-refractivity contribution in [3.63, 3.8) is 0 Å². The van der Waals surface area contributed by atoms with Crippen LogP contribution in [-0.4, -0.2) is 37.2 Å². The Balaban J connectivity index is 1.82. The minimum absolute atomic E-state index is 0.0408. The third-order valence-corrected chi connectivity index (χ3v) is 5.15. The van der Waals surface area contributed by atoms with E-state index in [9.17, 15) is 4.79 Å². The molecule has 0 aromatic heterocycles. The molecular weight excluding hydrogens is 252 g/mol. The predicted molar refractivity (Wildman–Crippen MR) is 80.5 cm³/mol. The van der Waals surface area contributed by atoms with Gasteiger partial charge in [0.2, 0.25) is 5.91 Å². The fraction of sp³-hybridized carbons (Fsp3) is 0.938. The highest BCUT2D eigenvalue weighted by Crippen LogP contribution is 2.31. The van der Waals surface area contributed by atoms with Crippen molar-refractivity contribution in [1.29, 1.82) is 0 Å². The maximum atomic E-state index is 12.4. The van der Waals surface area contributed by atoms with Gasteiger partial charge in [0.05, 0.1) is 12.7 Å². The van der Waals surface area contributed by atoms with Crippen molar-refractivity contribution in [2.24, 2.45) is 11.8 Å². The molecule has 2 rings (SSSR count). The Morgan fingerprint density at radius 3 is 2.60 bits per heavy atom. The van der Waals surface area contributed by atoms with Crippen LogP contribution in [0.4, 0.5) is 0 Å². The van der Waals surface area contributed by atoms with Crippen molar-refractivity contribution in [3.05, 3.63) is 0 Å². The first-order valence-electron chi connectivity index (χ1n) is 8.25. The molecule has 2 fully saturated rings. The number of carbonyl (C=O) groups is 1. The van der Waals surface area contributed by atoms with E-state index < -0.39 is 0 Å². The molecule has 4 atom stereocenters. The van der Waals surface area contributed by atoms with Gasteiger partial charge in [-0.3, -0.25) is 4.79 Å². The molecule has 1 saturated heterocycles. The molecule has 0 bridgehead atoms. The zero-order valence-electron chi connectivity index (χ0n) is 13.2. The van der Waals surface area contributed by atoms with Crippen LogP contribution >= 0.6 is 0 Å². The standard InChI is InChI=1S/C16H30N2O2/c1-11(14-7-5-4-6-8-14)12(2)18-16(19)15-13(3)20-10-9-17-15/h11-15,17H,4-10H2,1-3H3,(H,18,19)/t11?,12?,13-,15+/m1/s1. The highest BCUT2D eigenvalue weighted by molar-refractivity contribution is 5.82. The van der Waals surface area contributed by atoms with Crippen molar-refractivity contribution in [2.45, 2.75) is 71.1 Å². The van der Waals surface area contributed by atoms with Crippen LogP contribution in [0.5, 0.6) is 0 Å². The smallest absolute Gasteiger partial charge is 0.240 e. The number of morpholine rings is 1. The molecule has 4 nitrogen and oxygen atoms in total. The Hall–Kier alpha value is -0.610. The zero-order chi connectivity index (χ0) is 14.5. The number of hydrogen-bond donors (Lipinski definition) is 2. The predicted octanol–water partition coefficient (Wildman–Crippen LogP) is 2.08. The van der Waals surface area contributed by atoms with Crippen LogP contribution in [0, 0.1) is 11.8 Å². The summed E-state index contributed by atoms with van der Waals surface area (Å²) in [5.41, 5.74) is 0. The lowest BCUT2D eigenvalue weighted by molar-refractivity contribution is -0.130. The molecule has 1 aliphatic carbocycles. The summed E-state index contributed by atoms with van der Waals surface area (Å²) in [5.74, 6) is 1.42. The Morgan fingerprint density at radius 2 is 1.95 bits per heavy atom. The van der Waals surface area contributed by atoms with Crippen LogP contribution in [0.25, 0.3) is 0 Å². The number of amides is 1. The Kier molecular flexibility index (Phi) is 5.85. The summed E-state index contributed by atoms with van der Waals surface area (Å²) in [6, 6.07) is 0.0336. The third-order valence-electron chi connectivity index (χ3n) is 5.15. The van der Waals surface area contributed by atoms with Gasteiger partial charge in [0.15, 0.2) is 0 Å². The topological polar surface area (TPSA) is 50.4 Å². The first-order valence-corrected chi connectivity index (χ1v) is 8.25. The number of carbonyl (C=O) groups excluding carboxylic acids is 1. The molecule has 1 amide bonds. The normalized spacial score (nSPS) is 31.6. The molecule has 1 heterocycles. The molecule has 1 saturated carbocycles. The van der Waals surface area contributed by atoms with E-state index in [1.807, 2.05) is 6.92 Å². The summed E-state index contributed by atoms with van der Waals surface area (Å²) in [6.07, 6.45) is 6.69. The summed E-state index contributed by atoms with van der Waals surface area (Å²) in [6.45, 7) is 7.85. The molecule has 4 heteroatoms. The summed E-state index contributed by atoms with van der Waals surface area (Å²) in [4.78, 5) is 12.4. The molecule has 2 N–H and O–H groups in total. The van der Waals surface area contributed by atoms with E-state index in [1.165, 1.54) is 32.1 Å². The fourth-order valence-electron chi connectivity index (χ4n) is 3.54. The van der Waals surface area contributed by atoms with Crippen LogP contribution in [0.2, 0.25) is 0 Å². The van der Waals surface area contributed by atoms with Crippen LogP contribution in [0.15, 0.2) is 0 Å². The minimum atomic E-state index is -0.204. The number of ether oxygens (including phenoxy) is 1. The summed E-state index contributed by atoms with van der Waals surface area (Å²) in [5, 5.41) is 6.45. The lowest BCUT2D eigenvalue weighted by atomic mass is 9.78. The third kappa shape index (κ3) is 3.95. The molecule has 2 unspecified atom stereocenters. The highest BCUT2D eigenvalue weighted by Gasteiger charge is 2.31. The summed E-state index contributed by atoms with van der Waals surface area (Å²) < 4.78 is 5.55. The number of hydrogen-bond acceptors (Lipinski definition) is 3. The molecule has 1 aliphatic heterocycles. The molecule has 0 spiro atoms. The van der Waals surface area contributed by atoms with Gasteiger partial charge in [-0.05, 0) is 25.7 Å². The second-order valence-corrected chi connectivity index (χ2v) is 6.56. The maximum Gasteiger partial charge on any atom is 0.240 e. The monoisotopic (exact) mass is 282 g/mol. The van der Waals surface area contributed by atoms with Crippen LogP contribution < -0.4 is 10.6 Å². The first kappa shape index (κ1) is 15.8. The van der Waals surface area contributed by atoms with E-state index in [0.717, 1.165) is 12.5 Å². The van der Waals surface area contributed by atoms with Gasteiger partial charge in [-0.25, -0.2) is 0 Å². The molecule has 2 aliphatic rings. The second kappa shape index (κ2) is 7.41. The van der Waals surface area contributed by atoms with Crippen LogP contribution in [-0.2, 0) is 9.53 Å². The van der Waals surface area contributed by atoms with E-state index in [0.29, 0.717) is 12.5 Å². The molecule has 0 aromatic rings. The van der Waals surface area contributed by atoms with Gasteiger partial charge in [0.25, 0.3) is 0 Å². The van der Waals surface area contributed by atoms with Gasteiger partial charge < -0.3 is 15.4 Å². The highest BCUT2D eigenvalue weighted by atomic mass is 16.5. The van der Waals surface area contributed by atoms with Gasteiger partial charge in [-0.2, -0.15) is 0 Å². The van der Waals surface area contributed by atoms with Crippen molar-refractivity contribution in [1.82, 2.24) is 10.6 Å². The SMILES string of the molecule is CC(NC(=O)[C@H]1NCCO[C@@H]1C)C(C)C1CCCCC1. The van der Waals surface area contributed by atoms with Crippen LogP contribution in [0.3, 0.4) is 0 Å². The fourth-order valence-corrected chi connectivity index (χ4v) is 3.54.